The van der Waals surface area contributed by atoms with E-state index in [1.807, 2.05) is 6.26 Å². The molecule has 4 heteroatoms. The highest BCUT2D eigenvalue weighted by molar-refractivity contribution is 7.98. The van der Waals surface area contributed by atoms with Gasteiger partial charge in [0.15, 0.2) is 11.4 Å². The number of Topliss-reactive ketones (excluding diaryl/α,β-unsaturated/α-hetero) is 1. The quantitative estimate of drug-likeness (QED) is 0.708. The SMILES string of the molecule is COC1=CC=CC(CSC)(OC)C1=O. The van der Waals surface area contributed by atoms with Gasteiger partial charge in [0, 0.05) is 12.9 Å². The Morgan fingerprint density at radius 3 is 2.71 bits per heavy atom. The van der Waals surface area contributed by atoms with Gasteiger partial charge in [-0.15, -0.1) is 0 Å². The molecular weight excluding hydrogens is 200 g/mol. The molecule has 0 radical (unpaired) electrons. The molecule has 0 N–H and O–H groups in total. The third-order valence-electron chi connectivity index (χ3n) is 2.16. The fourth-order valence-corrected chi connectivity index (χ4v) is 2.13. The molecule has 0 aliphatic heterocycles. The Bertz CT molecular complexity index is 283. The summed E-state index contributed by atoms with van der Waals surface area (Å²) in [6.45, 7) is 0. The molecule has 1 atom stereocenters. The largest absolute Gasteiger partial charge is 0.493 e. The average Bonchev–Trinajstić information content (AvgIpc) is 2.21. The van der Waals surface area contributed by atoms with Gasteiger partial charge in [-0.2, -0.15) is 11.8 Å². The van der Waals surface area contributed by atoms with Crippen LogP contribution in [0.25, 0.3) is 0 Å². The molecule has 0 saturated heterocycles. The number of hydrogen-bond acceptors (Lipinski definition) is 4. The summed E-state index contributed by atoms with van der Waals surface area (Å²) in [4.78, 5) is 11.9. The lowest BCUT2D eigenvalue weighted by Gasteiger charge is -2.29. The molecule has 1 unspecified atom stereocenters. The van der Waals surface area contributed by atoms with Crippen molar-refractivity contribution >= 4 is 17.5 Å². The Balaban J connectivity index is 2.95. The van der Waals surface area contributed by atoms with Gasteiger partial charge < -0.3 is 9.47 Å². The molecule has 0 amide bonds. The van der Waals surface area contributed by atoms with E-state index in [1.54, 1.807) is 30.0 Å². The van der Waals surface area contributed by atoms with E-state index in [0.717, 1.165) is 0 Å². The van der Waals surface area contributed by atoms with Crippen molar-refractivity contribution in [3.05, 3.63) is 24.0 Å². The molecule has 78 valence electrons. The Hall–Kier alpha value is -0.740. The molecule has 0 aromatic heterocycles. The molecule has 0 bridgehead atoms. The normalized spacial score (nSPS) is 26.2. The van der Waals surface area contributed by atoms with E-state index in [1.165, 1.54) is 14.2 Å². The van der Waals surface area contributed by atoms with Crippen molar-refractivity contribution in [1.29, 1.82) is 0 Å². The van der Waals surface area contributed by atoms with Crippen LogP contribution in [-0.4, -0.2) is 37.6 Å². The molecule has 3 nitrogen and oxygen atoms in total. The maximum atomic E-state index is 11.9. The number of carbonyl (C=O) groups is 1. The van der Waals surface area contributed by atoms with Crippen LogP contribution in [0.5, 0.6) is 0 Å². The van der Waals surface area contributed by atoms with Crippen molar-refractivity contribution in [2.24, 2.45) is 0 Å². The lowest BCUT2D eigenvalue weighted by molar-refractivity contribution is -0.133. The van der Waals surface area contributed by atoms with Gasteiger partial charge in [0.05, 0.1) is 7.11 Å². The van der Waals surface area contributed by atoms with E-state index in [4.69, 9.17) is 9.47 Å². The number of thioether (sulfide) groups is 1. The Kier molecular flexibility index (Phi) is 3.77. The average molecular weight is 214 g/mol. The number of methoxy groups -OCH3 is 2. The van der Waals surface area contributed by atoms with E-state index in [-0.39, 0.29) is 5.78 Å². The van der Waals surface area contributed by atoms with Crippen molar-refractivity contribution in [3.63, 3.8) is 0 Å². The van der Waals surface area contributed by atoms with Crippen molar-refractivity contribution in [2.45, 2.75) is 5.60 Å². The Morgan fingerprint density at radius 2 is 2.21 bits per heavy atom. The molecule has 14 heavy (non-hydrogen) atoms. The minimum atomic E-state index is -0.848. The van der Waals surface area contributed by atoms with Crippen LogP contribution in [0.2, 0.25) is 0 Å². The summed E-state index contributed by atoms with van der Waals surface area (Å²) in [5.41, 5.74) is -0.848. The van der Waals surface area contributed by atoms with Crippen molar-refractivity contribution in [2.75, 3.05) is 26.2 Å². The lowest BCUT2D eigenvalue weighted by Crippen LogP contribution is -2.43. The minimum absolute atomic E-state index is 0.112. The van der Waals surface area contributed by atoms with Gasteiger partial charge in [-0.3, -0.25) is 4.79 Å². The number of allylic oxidation sites excluding steroid dienone is 2. The highest BCUT2D eigenvalue weighted by Gasteiger charge is 2.39. The number of carbonyl (C=O) groups excluding carboxylic acids is 1. The zero-order valence-electron chi connectivity index (χ0n) is 8.57. The molecule has 1 aliphatic carbocycles. The highest BCUT2D eigenvalue weighted by Crippen LogP contribution is 2.26. The molecule has 0 spiro atoms. The van der Waals surface area contributed by atoms with Crippen LogP contribution >= 0.6 is 11.8 Å². The molecule has 1 rings (SSSR count). The second kappa shape index (κ2) is 4.66. The summed E-state index contributed by atoms with van der Waals surface area (Å²) in [7, 11) is 3.03. The maximum absolute atomic E-state index is 11.9. The zero-order valence-corrected chi connectivity index (χ0v) is 9.39. The molecule has 0 aromatic rings. The summed E-state index contributed by atoms with van der Waals surface area (Å²) in [6.07, 6.45) is 7.15. The van der Waals surface area contributed by atoms with Crippen LogP contribution in [0.3, 0.4) is 0 Å². The van der Waals surface area contributed by atoms with E-state index in [2.05, 4.69) is 0 Å². The second-order valence-corrected chi connectivity index (χ2v) is 3.82. The summed E-state index contributed by atoms with van der Waals surface area (Å²) in [5, 5.41) is 0. The van der Waals surface area contributed by atoms with Crippen molar-refractivity contribution in [1.82, 2.24) is 0 Å². The predicted octanol–water partition coefficient (Wildman–Crippen LogP) is 1.40. The van der Waals surface area contributed by atoms with E-state index >= 15 is 0 Å². The monoisotopic (exact) mass is 214 g/mol. The first-order valence-corrected chi connectivity index (χ1v) is 5.62. The van der Waals surface area contributed by atoms with Gasteiger partial charge in [0.25, 0.3) is 0 Å². The van der Waals surface area contributed by atoms with Gasteiger partial charge >= 0.3 is 0 Å². The van der Waals surface area contributed by atoms with Crippen molar-refractivity contribution < 1.29 is 14.3 Å². The molecule has 0 fully saturated rings. The van der Waals surface area contributed by atoms with E-state index in [9.17, 15) is 4.79 Å². The van der Waals surface area contributed by atoms with Gasteiger partial charge in [0.2, 0.25) is 5.78 Å². The molecular formula is C10H14O3S. The fourth-order valence-electron chi connectivity index (χ4n) is 1.36. The van der Waals surface area contributed by atoms with E-state index < -0.39 is 5.60 Å². The van der Waals surface area contributed by atoms with Crippen molar-refractivity contribution in [3.8, 4) is 0 Å². The Morgan fingerprint density at radius 1 is 1.50 bits per heavy atom. The van der Waals surface area contributed by atoms with E-state index in [0.29, 0.717) is 11.5 Å². The van der Waals surface area contributed by atoms with Crippen LogP contribution in [0.1, 0.15) is 0 Å². The fraction of sp³-hybridized carbons (Fsp3) is 0.500. The predicted molar refractivity (Wildman–Crippen MR) is 57.4 cm³/mol. The standard InChI is InChI=1S/C10H14O3S/c1-12-8-5-4-6-10(13-2,7-14-3)9(8)11/h4-6H,7H2,1-3H3. The highest BCUT2D eigenvalue weighted by atomic mass is 32.2. The summed E-state index contributed by atoms with van der Waals surface area (Å²) < 4.78 is 10.3. The smallest absolute Gasteiger partial charge is 0.233 e. The number of ether oxygens (including phenoxy) is 2. The number of ketones is 1. The van der Waals surface area contributed by atoms with Crippen LogP contribution in [0, 0.1) is 0 Å². The third-order valence-corrected chi connectivity index (χ3v) is 2.88. The van der Waals surface area contributed by atoms with Gasteiger partial charge in [-0.05, 0) is 18.4 Å². The lowest BCUT2D eigenvalue weighted by atomic mass is 9.94. The summed E-state index contributed by atoms with van der Waals surface area (Å²) in [5.74, 6) is 0.835. The topological polar surface area (TPSA) is 35.5 Å². The third kappa shape index (κ3) is 1.86. The first-order chi connectivity index (χ1) is 6.70. The number of rotatable bonds is 4. The molecule has 0 saturated carbocycles. The first kappa shape index (κ1) is 11.3. The molecule has 0 heterocycles. The maximum Gasteiger partial charge on any atom is 0.233 e. The minimum Gasteiger partial charge on any atom is -0.493 e. The van der Waals surface area contributed by atoms with Crippen LogP contribution in [0.15, 0.2) is 24.0 Å². The molecule has 1 aliphatic rings. The summed E-state index contributed by atoms with van der Waals surface area (Å²) in [6, 6.07) is 0. The number of hydrogen-bond donors (Lipinski definition) is 0. The van der Waals surface area contributed by atoms with Gasteiger partial charge in [-0.1, -0.05) is 6.08 Å². The van der Waals surface area contributed by atoms with Gasteiger partial charge in [0.1, 0.15) is 0 Å². The zero-order chi connectivity index (χ0) is 10.6. The Labute approximate surface area is 88.2 Å². The van der Waals surface area contributed by atoms with Crippen LogP contribution < -0.4 is 0 Å². The van der Waals surface area contributed by atoms with Crippen LogP contribution in [-0.2, 0) is 14.3 Å². The first-order valence-electron chi connectivity index (χ1n) is 4.22. The van der Waals surface area contributed by atoms with Gasteiger partial charge in [-0.25, -0.2) is 0 Å². The molecule has 0 aromatic carbocycles. The summed E-state index contributed by atoms with van der Waals surface area (Å²) >= 11 is 1.57. The second-order valence-electron chi connectivity index (χ2n) is 2.95. The van der Waals surface area contributed by atoms with Crippen LogP contribution in [0.4, 0.5) is 0 Å².